The van der Waals surface area contributed by atoms with Gasteiger partial charge in [0.15, 0.2) is 0 Å². The van der Waals surface area contributed by atoms with E-state index in [1.807, 2.05) is 27.7 Å². The van der Waals surface area contributed by atoms with Gasteiger partial charge in [0.05, 0.1) is 17.7 Å². The van der Waals surface area contributed by atoms with Crippen LogP contribution in [-0.2, 0) is 14.0 Å². The molecule has 1 saturated heterocycles. The molecule has 0 atom stereocenters. The van der Waals surface area contributed by atoms with Crippen molar-refractivity contribution in [2.75, 3.05) is 13.2 Å². The zero-order chi connectivity index (χ0) is 20.5. The molecule has 1 aliphatic heterocycles. The first kappa shape index (κ1) is 21.5. The highest BCUT2D eigenvalue weighted by atomic mass is 19.1. The lowest BCUT2D eigenvalue weighted by atomic mass is 9.78. The highest BCUT2D eigenvalue weighted by Gasteiger charge is 2.52. The molecular weight excluding hydrogens is 352 g/mol. The molecule has 0 bridgehead atoms. The van der Waals surface area contributed by atoms with Crippen LogP contribution >= 0.6 is 0 Å². The Morgan fingerprint density at radius 2 is 1.78 bits per heavy atom. The predicted octanol–water partition coefficient (Wildman–Crippen LogP) is 3.03. The normalized spacial score (nSPS) is 18.3. The molecule has 0 saturated carbocycles. The second-order valence-electron chi connectivity index (χ2n) is 8.55. The van der Waals surface area contributed by atoms with E-state index in [1.165, 1.54) is 18.2 Å². The quantitative estimate of drug-likeness (QED) is 0.628. The summed E-state index contributed by atoms with van der Waals surface area (Å²) in [6.45, 7) is 13.5. The van der Waals surface area contributed by atoms with Crippen LogP contribution in [0.1, 0.15) is 48.5 Å². The molecule has 1 aromatic rings. The van der Waals surface area contributed by atoms with Crippen molar-refractivity contribution >= 4 is 18.7 Å². The minimum atomic E-state index is -0.737. The first-order valence-corrected chi connectivity index (χ1v) is 9.05. The molecule has 1 aromatic carbocycles. The zero-order valence-corrected chi connectivity index (χ0v) is 17.1. The van der Waals surface area contributed by atoms with Gasteiger partial charge in [0.2, 0.25) is 0 Å². The summed E-state index contributed by atoms with van der Waals surface area (Å²) >= 11 is 0. The molecule has 1 amide bonds. The van der Waals surface area contributed by atoms with Crippen molar-refractivity contribution in [2.24, 2.45) is 0 Å². The Hall–Kier alpha value is -1.80. The van der Waals surface area contributed by atoms with Gasteiger partial charge in [0.25, 0.3) is 0 Å². The van der Waals surface area contributed by atoms with Crippen molar-refractivity contribution < 1.29 is 28.0 Å². The molecule has 6 nitrogen and oxygen atoms in total. The fourth-order valence-corrected chi connectivity index (χ4v) is 2.43. The highest BCUT2D eigenvalue weighted by molar-refractivity contribution is 6.63. The van der Waals surface area contributed by atoms with Crippen molar-refractivity contribution in [3.63, 3.8) is 0 Å². The van der Waals surface area contributed by atoms with E-state index < -0.39 is 35.8 Å². The summed E-state index contributed by atoms with van der Waals surface area (Å²) in [5.74, 6) is 0.0415. The van der Waals surface area contributed by atoms with Crippen LogP contribution in [0.25, 0.3) is 0 Å². The highest BCUT2D eigenvalue weighted by Crippen LogP contribution is 2.37. The molecule has 1 aliphatic rings. The fourth-order valence-electron chi connectivity index (χ4n) is 2.43. The summed E-state index contributed by atoms with van der Waals surface area (Å²) in [4.78, 5) is 11.7. The molecule has 0 spiro atoms. The summed E-state index contributed by atoms with van der Waals surface area (Å²) < 4.78 is 36.7. The van der Waals surface area contributed by atoms with Crippen LogP contribution in [0.2, 0.25) is 0 Å². The Morgan fingerprint density at radius 1 is 1.19 bits per heavy atom. The lowest BCUT2D eigenvalue weighted by Crippen LogP contribution is -2.41. The molecule has 0 radical (unpaired) electrons. The van der Waals surface area contributed by atoms with Crippen LogP contribution in [-0.4, -0.2) is 43.2 Å². The van der Waals surface area contributed by atoms with Crippen molar-refractivity contribution in [3.05, 3.63) is 24.0 Å². The average Bonchev–Trinajstić information content (AvgIpc) is 2.71. The smallest absolute Gasteiger partial charge is 0.492 e. The number of rotatable bonds is 5. The first-order chi connectivity index (χ1) is 12.3. The third kappa shape index (κ3) is 5.59. The number of ether oxygens (including phenoxy) is 2. The van der Waals surface area contributed by atoms with Crippen molar-refractivity contribution in [1.29, 1.82) is 0 Å². The molecule has 150 valence electrons. The molecule has 27 heavy (non-hydrogen) atoms. The van der Waals surface area contributed by atoms with Crippen LogP contribution < -0.4 is 15.5 Å². The van der Waals surface area contributed by atoms with Crippen LogP contribution in [0, 0.1) is 5.82 Å². The van der Waals surface area contributed by atoms with E-state index in [-0.39, 0.29) is 13.2 Å². The van der Waals surface area contributed by atoms with Gasteiger partial charge in [-0.3, -0.25) is 0 Å². The van der Waals surface area contributed by atoms with E-state index in [0.717, 1.165) is 0 Å². The molecule has 0 unspecified atom stereocenters. The number of halogens is 1. The van der Waals surface area contributed by atoms with E-state index in [0.29, 0.717) is 11.2 Å². The minimum absolute atomic E-state index is 0.192. The van der Waals surface area contributed by atoms with Crippen molar-refractivity contribution in [1.82, 2.24) is 5.32 Å². The molecule has 0 aromatic heterocycles. The third-order valence-electron chi connectivity index (χ3n) is 4.51. The van der Waals surface area contributed by atoms with Crippen LogP contribution in [0.15, 0.2) is 18.2 Å². The molecule has 1 fully saturated rings. The van der Waals surface area contributed by atoms with Gasteiger partial charge in [0, 0.05) is 5.46 Å². The Kier molecular flexibility index (Phi) is 6.11. The average molecular weight is 381 g/mol. The van der Waals surface area contributed by atoms with Crippen LogP contribution in [0.5, 0.6) is 5.75 Å². The molecule has 2 rings (SSSR count). The van der Waals surface area contributed by atoms with Crippen molar-refractivity contribution in [3.8, 4) is 5.75 Å². The van der Waals surface area contributed by atoms with E-state index in [4.69, 9.17) is 18.8 Å². The lowest BCUT2D eigenvalue weighted by Gasteiger charge is -2.32. The van der Waals surface area contributed by atoms with Gasteiger partial charge in [0.1, 0.15) is 23.8 Å². The Balaban J connectivity index is 2.00. The molecule has 0 aliphatic carbocycles. The summed E-state index contributed by atoms with van der Waals surface area (Å²) in [7, 11) is -0.737. The zero-order valence-electron chi connectivity index (χ0n) is 17.1. The Morgan fingerprint density at radius 3 is 2.33 bits per heavy atom. The largest absolute Gasteiger partial charge is 0.498 e. The standard InChI is InChI=1S/C19H29BFNO5/c1-17(2,3)25-16(23)22-10-11-24-15-9-8-13(21)12-14(15)20-26-18(4,5)19(6,7)27-20/h8-9,12H,10-11H2,1-7H3,(H,22,23). The van der Waals surface area contributed by atoms with E-state index >= 15 is 0 Å². The molecular formula is C19H29BFNO5. The Bertz CT molecular complexity index is 671. The van der Waals surface area contributed by atoms with Gasteiger partial charge in [-0.15, -0.1) is 0 Å². The van der Waals surface area contributed by atoms with Gasteiger partial charge < -0.3 is 24.1 Å². The molecule has 1 N–H and O–H groups in total. The van der Waals surface area contributed by atoms with Gasteiger partial charge in [-0.05, 0) is 66.7 Å². The van der Waals surface area contributed by atoms with Crippen LogP contribution in [0.3, 0.4) is 0 Å². The second kappa shape index (κ2) is 7.68. The predicted molar refractivity (Wildman–Crippen MR) is 102 cm³/mol. The number of benzene rings is 1. The summed E-state index contributed by atoms with van der Waals surface area (Å²) in [5.41, 5.74) is -1.17. The van der Waals surface area contributed by atoms with Gasteiger partial charge in [-0.1, -0.05) is 0 Å². The third-order valence-corrected chi connectivity index (χ3v) is 4.51. The second-order valence-corrected chi connectivity index (χ2v) is 8.55. The number of carbonyl (C=O) groups excluding carboxylic acids is 1. The number of hydrogen-bond acceptors (Lipinski definition) is 5. The summed E-state index contributed by atoms with van der Waals surface area (Å²) in [6, 6.07) is 4.19. The molecule has 8 heteroatoms. The number of carbonyl (C=O) groups is 1. The minimum Gasteiger partial charge on any atom is -0.492 e. The summed E-state index contributed by atoms with van der Waals surface area (Å²) in [5, 5.41) is 2.61. The van der Waals surface area contributed by atoms with E-state index in [9.17, 15) is 9.18 Å². The number of hydrogen-bond donors (Lipinski definition) is 1. The SMILES string of the molecule is CC(C)(C)OC(=O)NCCOc1ccc(F)cc1B1OC(C)(C)C(C)(C)O1. The fraction of sp³-hybridized carbons (Fsp3) is 0.632. The van der Waals surface area contributed by atoms with E-state index in [2.05, 4.69) is 5.32 Å². The maximum Gasteiger partial charge on any atom is 0.498 e. The maximum atomic E-state index is 13.8. The molecule has 1 heterocycles. The topological polar surface area (TPSA) is 66.0 Å². The van der Waals surface area contributed by atoms with Crippen LogP contribution in [0.4, 0.5) is 9.18 Å². The van der Waals surface area contributed by atoms with Gasteiger partial charge in [-0.2, -0.15) is 0 Å². The van der Waals surface area contributed by atoms with Gasteiger partial charge in [-0.25, -0.2) is 9.18 Å². The lowest BCUT2D eigenvalue weighted by molar-refractivity contribution is 0.00578. The number of amides is 1. The van der Waals surface area contributed by atoms with Gasteiger partial charge >= 0.3 is 13.2 Å². The number of alkyl carbamates (subject to hydrolysis) is 1. The number of nitrogens with one attached hydrogen (secondary N) is 1. The van der Waals surface area contributed by atoms with E-state index in [1.54, 1.807) is 20.8 Å². The monoisotopic (exact) mass is 381 g/mol. The Labute approximate surface area is 160 Å². The van der Waals surface area contributed by atoms with Crippen molar-refractivity contribution in [2.45, 2.75) is 65.3 Å². The first-order valence-electron chi connectivity index (χ1n) is 9.05. The maximum absolute atomic E-state index is 13.8. The summed E-state index contributed by atoms with van der Waals surface area (Å²) in [6.07, 6.45) is -0.517.